The second kappa shape index (κ2) is 12.4. The molecular weight excluding hydrogens is 504 g/mol. The molecule has 0 unspecified atom stereocenters. The minimum atomic E-state index is -0.488. The lowest BCUT2D eigenvalue weighted by Gasteiger charge is -2.37. The van der Waals surface area contributed by atoms with Gasteiger partial charge in [0.1, 0.15) is 0 Å². The number of carbonyl (C=O) groups is 2. The lowest BCUT2D eigenvalue weighted by Crippen LogP contribution is -2.49. The molecule has 2 amide bonds. The fourth-order valence-electron chi connectivity index (χ4n) is 4.89. The van der Waals surface area contributed by atoms with Crippen molar-refractivity contribution < 1.29 is 9.59 Å². The molecule has 196 valence electrons. The molecule has 1 saturated heterocycles. The molecule has 0 radical (unpaired) electrons. The van der Waals surface area contributed by atoms with E-state index in [4.69, 9.17) is 12.2 Å². The molecule has 0 aliphatic carbocycles. The Morgan fingerprint density at radius 3 is 1.77 bits per heavy atom. The quantitative estimate of drug-likeness (QED) is 0.329. The van der Waals surface area contributed by atoms with E-state index in [0.717, 1.165) is 22.5 Å². The summed E-state index contributed by atoms with van der Waals surface area (Å²) in [6, 6.07) is 36.6. The van der Waals surface area contributed by atoms with Gasteiger partial charge in [0.05, 0.1) is 17.3 Å². The number of rotatable bonds is 6. The van der Waals surface area contributed by atoms with Crippen molar-refractivity contribution in [3.05, 3.63) is 132 Å². The number of hydrogen-bond donors (Lipinski definition) is 2. The Bertz CT molecular complexity index is 1380. The summed E-state index contributed by atoms with van der Waals surface area (Å²) in [5.41, 5.74) is 4.28. The third-order valence-electron chi connectivity index (χ3n) is 6.85. The fourth-order valence-corrected chi connectivity index (χ4v) is 5.10. The van der Waals surface area contributed by atoms with Gasteiger partial charge in [-0.05, 0) is 47.6 Å². The summed E-state index contributed by atoms with van der Waals surface area (Å²) in [4.78, 5) is 30.4. The summed E-state index contributed by atoms with van der Waals surface area (Å²) < 4.78 is 0. The van der Waals surface area contributed by atoms with Gasteiger partial charge >= 0.3 is 0 Å². The fraction of sp³-hybridized carbons (Fsp3) is 0.156. The standard InChI is InChI=1S/C32H30N4O2S/c37-30(29(24-12-4-1-5-13-24)25-14-6-2-7-15-25)34-32(39)33-27-18-10-11-19-28(27)35-20-22-36(23-21-35)31(38)26-16-8-3-9-17-26/h1-19,29H,20-23H2,(H2,33,34,37,39). The monoisotopic (exact) mass is 534 g/mol. The average molecular weight is 535 g/mol. The molecule has 7 heteroatoms. The van der Waals surface area contributed by atoms with Gasteiger partial charge in [0.15, 0.2) is 5.11 Å². The summed E-state index contributed by atoms with van der Waals surface area (Å²) in [5.74, 6) is -0.634. The second-order valence-electron chi connectivity index (χ2n) is 9.36. The van der Waals surface area contributed by atoms with Crippen molar-refractivity contribution in [1.82, 2.24) is 10.2 Å². The van der Waals surface area contributed by atoms with Crippen LogP contribution in [0.5, 0.6) is 0 Å². The van der Waals surface area contributed by atoms with Crippen LogP contribution in [-0.4, -0.2) is 48.0 Å². The van der Waals surface area contributed by atoms with Gasteiger partial charge in [-0.1, -0.05) is 91.0 Å². The number of para-hydroxylation sites is 2. The number of piperazine rings is 1. The maximum atomic E-state index is 13.5. The van der Waals surface area contributed by atoms with Gasteiger partial charge in [-0.15, -0.1) is 0 Å². The molecule has 1 heterocycles. The molecule has 4 aromatic rings. The highest BCUT2D eigenvalue weighted by molar-refractivity contribution is 7.80. The number of benzene rings is 4. The molecule has 1 fully saturated rings. The summed E-state index contributed by atoms with van der Waals surface area (Å²) in [5, 5.41) is 6.38. The Labute approximate surface area is 234 Å². The van der Waals surface area contributed by atoms with E-state index in [1.165, 1.54) is 0 Å². The third-order valence-corrected chi connectivity index (χ3v) is 7.05. The van der Waals surface area contributed by atoms with Crippen molar-refractivity contribution in [3.63, 3.8) is 0 Å². The Balaban J connectivity index is 1.25. The first-order valence-electron chi connectivity index (χ1n) is 13.0. The van der Waals surface area contributed by atoms with Crippen molar-refractivity contribution in [1.29, 1.82) is 0 Å². The van der Waals surface area contributed by atoms with Crippen LogP contribution in [0.1, 0.15) is 27.4 Å². The SMILES string of the molecule is O=C(NC(=S)Nc1ccccc1N1CCN(C(=O)c2ccccc2)CC1)C(c1ccccc1)c1ccccc1. The number of nitrogens with one attached hydrogen (secondary N) is 2. The molecule has 0 atom stereocenters. The van der Waals surface area contributed by atoms with Crippen molar-refractivity contribution in [3.8, 4) is 0 Å². The van der Waals surface area contributed by atoms with Crippen LogP contribution in [-0.2, 0) is 4.79 Å². The van der Waals surface area contributed by atoms with Gasteiger partial charge in [0.2, 0.25) is 5.91 Å². The van der Waals surface area contributed by atoms with Crippen LogP contribution in [0.2, 0.25) is 0 Å². The molecule has 0 spiro atoms. The maximum Gasteiger partial charge on any atom is 0.253 e. The highest BCUT2D eigenvalue weighted by atomic mass is 32.1. The van der Waals surface area contributed by atoms with E-state index in [9.17, 15) is 9.59 Å². The Hall–Kier alpha value is -4.49. The van der Waals surface area contributed by atoms with E-state index < -0.39 is 5.92 Å². The molecule has 4 aromatic carbocycles. The molecule has 5 rings (SSSR count). The van der Waals surface area contributed by atoms with E-state index in [0.29, 0.717) is 31.7 Å². The summed E-state index contributed by atoms with van der Waals surface area (Å²) in [6.07, 6.45) is 0. The van der Waals surface area contributed by atoms with Gasteiger partial charge in [0.25, 0.3) is 5.91 Å². The van der Waals surface area contributed by atoms with Crippen LogP contribution >= 0.6 is 12.2 Å². The lowest BCUT2D eigenvalue weighted by atomic mass is 9.90. The first-order valence-corrected chi connectivity index (χ1v) is 13.4. The zero-order valence-electron chi connectivity index (χ0n) is 21.5. The number of hydrogen-bond acceptors (Lipinski definition) is 4. The number of carbonyl (C=O) groups excluding carboxylic acids is 2. The van der Waals surface area contributed by atoms with Crippen LogP contribution in [0, 0.1) is 0 Å². The summed E-state index contributed by atoms with van der Waals surface area (Å²) in [6.45, 7) is 2.64. The Morgan fingerprint density at radius 1 is 0.667 bits per heavy atom. The van der Waals surface area contributed by atoms with Crippen molar-refractivity contribution in [2.45, 2.75) is 5.92 Å². The molecule has 0 saturated carbocycles. The number of nitrogens with zero attached hydrogens (tertiary/aromatic N) is 2. The van der Waals surface area contributed by atoms with Crippen LogP contribution in [0.25, 0.3) is 0 Å². The van der Waals surface area contributed by atoms with Crippen molar-refractivity contribution in [2.75, 3.05) is 36.4 Å². The predicted octanol–water partition coefficient (Wildman–Crippen LogP) is 5.29. The van der Waals surface area contributed by atoms with Gasteiger partial charge in [-0.3, -0.25) is 9.59 Å². The van der Waals surface area contributed by atoms with Gasteiger partial charge < -0.3 is 20.4 Å². The minimum Gasteiger partial charge on any atom is -0.366 e. The summed E-state index contributed by atoms with van der Waals surface area (Å²) >= 11 is 5.59. The smallest absolute Gasteiger partial charge is 0.253 e. The predicted molar refractivity (Wildman–Crippen MR) is 160 cm³/mol. The molecule has 0 bridgehead atoms. The average Bonchev–Trinajstić information content (AvgIpc) is 2.99. The largest absolute Gasteiger partial charge is 0.366 e. The van der Waals surface area contributed by atoms with Crippen molar-refractivity contribution >= 4 is 40.5 Å². The van der Waals surface area contributed by atoms with Gasteiger partial charge in [0, 0.05) is 31.7 Å². The summed E-state index contributed by atoms with van der Waals surface area (Å²) in [7, 11) is 0. The molecule has 39 heavy (non-hydrogen) atoms. The lowest BCUT2D eigenvalue weighted by molar-refractivity contribution is -0.120. The zero-order valence-corrected chi connectivity index (χ0v) is 22.3. The van der Waals surface area contributed by atoms with Gasteiger partial charge in [-0.25, -0.2) is 0 Å². The van der Waals surface area contributed by atoms with E-state index in [1.54, 1.807) is 0 Å². The van der Waals surface area contributed by atoms with Crippen LogP contribution in [0.15, 0.2) is 115 Å². The molecular formula is C32H30N4O2S. The van der Waals surface area contributed by atoms with E-state index >= 15 is 0 Å². The molecule has 1 aliphatic heterocycles. The van der Waals surface area contributed by atoms with Crippen molar-refractivity contribution in [2.24, 2.45) is 0 Å². The Morgan fingerprint density at radius 2 is 1.18 bits per heavy atom. The van der Waals surface area contributed by atoms with E-state index in [2.05, 4.69) is 15.5 Å². The first kappa shape index (κ1) is 26.1. The van der Waals surface area contributed by atoms with Crippen LogP contribution in [0.4, 0.5) is 11.4 Å². The Kier molecular flexibility index (Phi) is 8.29. The topological polar surface area (TPSA) is 64.7 Å². The highest BCUT2D eigenvalue weighted by Crippen LogP contribution is 2.28. The van der Waals surface area contributed by atoms with Gasteiger partial charge in [-0.2, -0.15) is 0 Å². The second-order valence-corrected chi connectivity index (χ2v) is 9.77. The minimum absolute atomic E-state index is 0.0527. The number of thiocarbonyl (C=S) groups is 1. The molecule has 1 aliphatic rings. The number of anilines is 2. The molecule has 2 N–H and O–H groups in total. The number of amides is 2. The van der Waals surface area contributed by atoms with Crippen LogP contribution < -0.4 is 15.5 Å². The highest BCUT2D eigenvalue weighted by Gasteiger charge is 2.25. The van der Waals surface area contributed by atoms with E-state index in [1.807, 2.05) is 120 Å². The normalized spacial score (nSPS) is 13.2. The molecule has 6 nitrogen and oxygen atoms in total. The van der Waals surface area contributed by atoms with Crippen LogP contribution in [0.3, 0.4) is 0 Å². The maximum absolute atomic E-state index is 13.5. The first-order chi connectivity index (χ1) is 19.1. The third kappa shape index (κ3) is 6.33. The molecule has 0 aromatic heterocycles. The van der Waals surface area contributed by atoms with E-state index in [-0.39, 0.29) is 16.9 Å². The zero-order chi connectivity index (χ0) is 27.0.